The van der Waals surface area contributed by atoms with Gasteiger partial charge in [0.2, 0.25) is 0 Å². The number of epoxide rings is 1. The summed E-state index contributed by atoms with van der Waals surface area (Å²) >= 11 is 0. The molecule has 3 aromatic carbocycles. The number of ether oxygens (including phenoxy) is 3. The van der Waals surface area contributed by atoms with E-state index in [0.29, 0.717) is 24.2 Å². The lowest BCUT2D eigenvalue weighted by Crippen LogP contribution is -2.14. The minimum Gasteiger partial charge on any atom is -0.459 e. The second kappa shape index (κ2) is 13.7. The highest BCUT2D eigenvalue weighted by molar-refractivity contribution is 6.13. The molecule has 1 saturated heterocycles. The molecule has 0 bridgehead atoms. The second-order valence-corrected chi connectivity index (χ2v) is 8.40. The van der Waals surface area contributed by atoms with Crippen LogP contribution in [0.15, 0.2) is 96.7 Å². The SMILES string of the molecule is C=C(C)C(=O)ON=Cc1c2ccccc2cc2ccccc12.C=CC(=O)OCCOC(=O)C(=C)CC1CO1. The van der Waals surface area contributed by atoms with E-state index >= 15 is 0 Å². The van der Waals surface area contributed by atoms with E-state index < -0.39 is 17.9 Å². The van der Waals surface area contributed by atoms with Gasteiger partial charge < -0.3 is 19.0 Å². The summed E-state index contributed by atoms with van der Waals surface area (Å²) < 4.78 is 14.4. The van der Waals surface area contributed by atoms with Crippen molar-refractivity contribution < 1.29 is 33.4 Å². The summed E-state index contributed by atoms with van der Waals surface area (Å²) in [6.45, 7) is 12.6. The molecule has 0 spiro atoms. The molecule has 3 aromatic rings. The number of hydrogen-bond acceptors (Lipinski definition) is 8. The molecule has 0 radical (unpaired) electrons. The Bertz CT molecular complexity index is 1350. The lowest BCUT2D eigenvalue weighted by molar-refractivity contribution is -0.146. The van der Waals surface area contributed by atoms with E-state index in [1.165, 1.54) is 0 Å². The summed E-state index contributed by atoms with van der Waals surface area (Å²) in [5.74, 6) is -1.55. The van der Waals surface area contributed by atoms with Crippen LogP contribution in [0.5, 0.6) is 0 Å². The fraction of sp³-hybridized carbons (Fsp3) is 0.200. The molecule has 1 heterocycles. The Morgan fingerprint density at radius 2 is 1.55 bits per heavy atom. The number of benzene rings is 3. The van der Waals surface area contributed by atoms with E-state index in [0.717, 1.165) is 33.2 Å². The fourth-order valence-corrected chi connectivity index (χ4v) is 3.37. The molecule has 0 aromatic heterocycles. The van der Waals surface area contributed by atoms with E-state index in [1.54, 1.807) is 13.1 Å². The third kappa shape index (κ3) is 8.25. The van der Waals surface area contributed by atoms with Gasteiger partial charge in [0, 0.05) is 29.2 Å². The van der Waals surface area contributed by atoms with Crippen LogP contribution >= 0.6 is 0 Å². The molecule has 4 rings (SSSR count). The Kier molecular flexibility index (Phi) is 10.1. The third-order valence-electron chi connectivity index (χ3n) is 5.37. The van der Waals surface area contributed by atoms with Crippen molar-refractivity contribution in [2.45, 2.75) is 19.4 Å². The molecular weight excluding hydrogens is 486 g/mol. The van der Waals surface area contributed by atoms with Crippen LogP contribution in [0, 0.1) is 0 Å². The molecule has 8 nitrogen and oxygen atoms in total. The number of carbonyl (C=O) groups is 3. The molecule has 1 atom stereocenters. The van der Waals surface area contributed by atoms with Gasteiger partial charge in [-0.3, -0.25) is 0 Å². The van der Waals surface area contributed by atoms with Gasteiger partial charge in [0.25, 0.3) is 0 Å². The number of fused-ring (bicyclic) bond motifs is 2. The zero-order chi connectivity index (χ0) is 27.5. The summed E-state index contributed by atoms with van der Waals surface area (Å²) in [5, 5.41) is 8.20. The Morgan fingerprint density at radius 3 is 2.11 bits per heavy atom. The Labute approximate surface area is 220 Å². The molecule has 1 fully saturated rings. The second-order valence-electron chi connectivity index (χ2n) is 8.40. The first kappa shape index (κ1) is 28.0. The zero-order valence-electron chi connectivity index (χ0n) is 21.2. The van der Waals surface area contributed by atoms with Crippen LogP contribution in [-0.2, 0) is 33.4 Å². The van der Waals surface area contributed by atoms with Gasteiger partial charge in [-0.2, -0.15) is 0 Å². The van der Waals surface area contributed by atoms with Crippen molar-refractivity contribution in [1.82, 2.24) is 0 Å². The van der Waals surface area contributed by atoms with Crippen LogP contribution in [0.25, 0.3) is 21.5 Å². The Hall–Kier alpha value is -4.56. The van der Waals surface area contributed by atoms with E-state index in [4.69, 9.17) is 14.3 Å². The molecule has 38 heavy (non-hydrogen) atoms. The third-order valence-corrected chi connectivity index (χ3v) is 5.37. The van der Waals surface area contributed by atoms with Gasteiger partial charge in [-0.15, -0.1) is 0 Å². The Morgan fingerprint density at radius 1 is 0.974 bits per heavy atom. The highest BCUT2D eigenvalue weighted by Crippen LogP contribution is 2.27. The van der Waals surface area contributed by atoms with Crippen molar-refractivity contribution in [3.05, 3.63) is 97.1 Å². The van der Waals surface area contributed by atoms with Gasteiger partial charge >= 0.3 is 17.9 Å². The summed E-state index contributed by atoms with van der Waals surface area (Å²) in [4.78, 5) is 38.2. The molecule has 8 heteroatoms. The molecule has 196 valence electrons. The first-order valence-corrected chi connectivity index (χ1v) is 11.9. The molecule has 1 unspecified atom stereocenters. The van der Waals surface area contributed by atoms with Gasteiger partial charge in [0.1, 0.15) is 13.2 Å². The molecule has 0 amide bonds. The summed E-state index contributed by atoms with van der Waals surface area (Å²) in [6, 6.07) is 18.3. The maximum absolute atomic E-state index is 11.4. The molecular formula is C30H29NO7. The van der Waals surface area contributed by atoms with E-state index in [2.05, 4.69) is 47.8 Å². The number of oxime groups is 1. The van der Waals surface area contributed by atoms with E-state index in [-0.39, 0.29) is 19.3 Å². The lowest BCUT2D eigenvalue weighted by atomic mass is 9.97. The number of rotatable bonds is 10. The molecule has 0 N–H and O–H groups in total. The fourth-order valence-electron chi connectivity index (χ4n) is 3.37. The number of esters is 2. The average Bonchev–Trinajstić information content (AvgIpc) is 3.74. The quantitative estimate of drug-likeness (QED) is 0.0544. The van der Waals surface area contributed by atoms with E-state index in [1.807, 2.05) is 36.4 Å². The van der Waals surface area contributed by atoms with E-state index in [9.17, 15) is 14.4 Å². The first-order valence-electron chi connectivity index (χ1n) is 11.9. The van der Waals surface area contributed by atoms with Crippen LogP contribution in [0.4, 0.5) is 0 Å². The van der Waals surface area contributed by atoms with Gasteiger partial charge in [-0.25, -0.2) is 14.4 Å². The van der Waals surface area contributed by atoms with Crippen LogP contribution in [0.1, 0.15) is 18.9 Å². The van der Waals surface area contributed by atoms with Gasteiger partial charge in [0.15, 0.2) is 0 Å². The van der Waals surface area contributed by atoms with Gasteiger partial charge in [0.05, 0.1) is 18.9 Å². The van der Waals surface area contributed by atoms with Gasteiger partial charge in [-0.05, 0) is 34.5 Å². The smallest absolute Gasteiger partial charge is 0.360 e. The summed E-state index contributed by atoms with van der Waals surface area (Å²) in [5.41, 5.74) is 1.63. The Balaban J connectivity index is 0.000000223. The predicted molar refractivity (Wildman–Crippen MR) is 146 cm³/mol. The van der Waals surface area contributed by atoms with Crippen molar-refractivity contribution in [3.63, 3.8) is 0 Å². The molecule has 1 aliphatic rings. The van der Waals surface area contributed by atoms with Crippen molar-refractivity contribution in [3.8, 4) is 0 Å². The van der Waals surface area contributed by atoms with Crippen LogP contribution < -0.4 is 0 Å². The minimum absolute atomic E-state index is 0.0168. The standard InChI is InChI=1S/C19H15NO2.C11H14O5/c1-13(2)19(21)22-20-12-18-16-9-5-3-7-14(16)11-15-8-4-6-10-17(15)18;1-3-10(12)14-4-5-15-11(13)8(2)6-9-7-16-9/h3-12H,1H2,2H3;3,9H,1-2,4-7H2. The van der Waals surface area contributed by atoms with Gasteiger partial charge in [-0.1, -0.05) is 73.4 Å². The van der Waals surface area contributed by atoms with Crippen molar-refractivity contribution in [2.24, 2.45) is 5.16 Å². The van der Waals surface area contributed by atoms with Crippen LogP contribution in [0.3, 0.4) is 0 Å². The average molecular weight is 516 g/mol. The maximum atomic E-state index is 11.4. The first-order chi connectivity index (χ1) is 18.3. The number of hydrogen-bond donors (Lipinski definition) is 0. The summed E-state index contributed by atoms with van der Waals surface area (Å²) in [6.07, 6.45) is 3.24. The van der Waals surface area contributed by atoms with Crippen molar-refractivity contribution in [2.75, 3.05) is 19.8 Å². The predicted octanol–water partition coefficient (Wildman–Crippen LogP) is 5.05. The number of nitrogens with zero attached hydrogens (tertiary/aromatic N) is 1. The zero-order valence-corrected chi connectivity index (χ0v) is 21.2. The number of carbonyl (C=O) groups excluding carboxylic acids is 3. The maximum Gasteiger partial charge on any atom is 0.360 e. The molecule has 1 aliphatic heterocycles. The minimum atomic E-state index is -0.541. The van der Waals surface area contributed by atoms with Crippen LogP contribution in [-0.4, -0.2) is 50.0 Å². The largest absolute Gasteiger partial charge is 0.459 e. The van der Waals surface area contributed by atoms with Crippen LogP contribution in [0.2, 0.25) is 0 Å². The van der Waals surface area contributed by atoms with Crippen molar-refractivity contribution >= 4 is 45.7 Å². The topological polar surface area (TPSA) is 104 Å². The highest BCUT2D eigenvalue weighted by Gasteiger charge is 2.25. The summed E-state index contributed by atoms with van der Waals surface area (Å²) in [7, 11) is 0. The molecule has 0 saturated carbocycles. The normalized spacial score (nSPS) is 13.8. The molecule has 0 aliphatic carbocycles. The van der Waals surface area contributed by atoms with Crippen molar-refractivity contribution in [1.29, 1.82) is 0 Å². The lowest BCUT2D eigenvalue weighted by Gasteiger charge is -2.07. The monoisotopic (exact) mass is 515 g/mol. The highest BCUT2D eigenvalue weighted by atomic mass is 16.7.